The Morgan fingerprint density at radius 2 is 2.40 bits per heavy atom. The van der Waals surface area contributed by atoms with Crippen molar-refractivity contribution in [1.29, 1.82) is 0 Å². The number of rotatable bonds is 2. The molecule has 0 saturated carbocycles. The van der Waals surface area contributed by atoms with E-state index in [-0.39, 0.29) is 11.5 Å². The predicted octanol–water partition coefficient (Wildman–Crippen LogP) is 2.52. The number of thiophene rings is 1. The van der Waals surface area contributed by atoms with E-state index in [9.17, 15) is 9.18 Å². The Hall–Kier alpha value is -1.95. The number of amides is 1. The van der Waals surface area contributed by atoms with Gasteiger partial charge in [-0.15, -0.1) is 11.3 Å². The molecule has 0 fully saturated rings. The molecule has 0 aliphatic carbocycles. The third-order valence-corrected chi connectivity index (χ3v) is 4.44. The number of halogens is 1. The average Bonchev–Trinajstić information content (AvgIpc) is 2.93. The van der Waals surface area contributed by atoms with Crippen LogP contribution in [0.5, 0.6) is 0 Å². The molecule has 0 saturated heterocycles. The number of pyridine rings is 1. The Morgan fingerprint density at radius 3 is 3.20 bits per heavy atom. The number of carbonyl (C=O) groups is 1. The smallest absolute Gasteiger partial charge is 0.258 e. The fourth-order valence-electron chi connectivity index (χ4n) is 2.39. The van der Waals surface area contributed by atoms with Gasteiger partial charge in [0.1, 0.15) is 11.6 Å². The molecular weight excluding hydrogens is 277 g/mol. The minimum atomic E-state index is -0.499. The topological polar surface area (TPSA) is 45.2 Å². The second-order valence-corrected chi connectivity index (χ2v) is 5.65. The maximum atomic E-state index is 13.3. The summed E-state index contributed by atoms with van der Waals surface area (Å²) in [5.74, 6) is -0.272. The molecule has 0 aromatic carbocycles. The summed E-state index contributed by atoms with van der Waals surface area (Å²) < 4.78 is 13.3. The Morgan fingerprint density at radius 1 is 1.55 bits per heavy atom. The van der Waals surface area contributed by atoms with E-state index in [0.29, 0.717) is 18.9 Å². The first-order valence-electron chi connectivity index (χ1n) is 6.37. The maximum Gasteiger partial charge on any atom is 0.258 e. The molecule has 1 N–H and O–H groups in total. The predicted molar refractivity (Wildman–Crippen MR) is 76.5 cm³/mol. The van der Waals surface area contributed by atoms with E-state index >= 15 is 0 Å². The van der Waals surface area contributed by atoms with Gasteiger partial charge in [-0.2, -0.15) is 0 Å². The lowest BCUT2D eigenvalue weighted by Gasteiger charge is -2.27. The normalized spacial score (nSPS) is 14.0. The lowest BCUT2D eigenvalue weighted by atomic mass is 10.1. The average molecular weight is 291 g/mol. The van der Waals surface area contributed by atoms with Crippen molar-refractivity contribution in [2.45, 2.75) is 13.0 Å². The molecule has 3 rings (SSSR count). The van der Waals surface area contributed by atoms with Crippen molar-refractivity contribution in [3.05, 3.63) is 45.5 Å². The first kappa shape index (κ1) is 13.1. The van der Waals surface area contributed by atoms with Crippen LogP contribution in [-0.2, 0) is 13.0 Å². The highest BCUT2D eigenvalue weighted by molar-refractivity contribution is 7.10. The number of hydrogen-bond acceptors (Lipinski definition) is 4. The molecule has 20 heavy (non-hydrogen) atoms. The molecule has 1 aliphatic heterocycles. The second kappa shape index (κ2) is 5.20. The summed E-state index contributed by atoms with van der Waals surface area (Å²) in [6.45, 7) is 1.24. The van der Waals surface area contributed by atoms with E-state index in [1.54, 1.807) is 23.3 Å². The maximum absolute atomic E-state index is 13.3. The van der Waals surface area contributed by atoms with Crippen LogP contribution >= 0.6 is 11.3 Å². The number of carbonyl (C=O) groups excluding carboxylic acids is 1. The fraction of sp³-hybridized carbons (Fsp3) is 0.286. The SMILES string of the molecule is CNc1ncc(F)cc1C(=O)N1CCc2sccc2C1. The zero-order valence-electron chi connectivity index (χ0n) is 11.0. The van der Waals surface area contributed by atoms with Gasteiger partial charge < -0.3 is 10.2 Å². The van der Waals surface area contributed by atoms with Crippen molar-refractivity contribution in [1.82, 2.24) is 9.88 Å². The minimum absolute atomic E-state index is 0.182. The lowest BCUT2D eigenvalue weighted by molar-refractivity contribution is 0.0736. The van der Waals surface area contributed by atoms with Gasteiger partial charge in [-0.1, -0.05) is 0 Å². The van der Waals surface area contributed by atoms with E-state index in [0.717, 1.165) is 12.6 Å². The summed E-state index contributed by atoms with van der Waals surface area (Å²) in [6, 6.07) is 3.28. The van der Waals surface area contributed by atoms with E-state index in [4.69, 9.17) is 0 Å². The number of nitrogens with zero attached hydrogens (tertiary/aromatic N) is 2. The Bertz CT molecular complexity index is 656. The summed E-state index contributed by atoms with van der Waals surface area (Å²) in [5.41, 5.74) is 1.47. The van der Waals surface area contributed by atoms with Gasteiger partial charge in [-0.3, -0.25) is 4.79 Å². The van der Waals surface area contributed by atoms with Crippen LogP contribution in [0.25, 0.3) is 0 Å². The molecule has 4 nitrogen and oxygen atoms in total. The third-order valence-electron chi connectivity index (χ3n) is 3.42. The number of fused-ring (bicyclic) bond motifs is 1. The quantitative estimate of drug-likeness (QED) is 0.924. The molecule has 6 heteroatoms. The number of anilines is 1. The summed E-state index contributed by atoms with van der Waals surface area (Å²) in [4.78, 5) is 19.5. The third kappa shape index (κ3) is 2.27. The first-order chi connectivity index (χ1) is 9.69. The van der Waals surface area contributed by atoms with Crippen LogP contribution in [0.4, 0.5) is 10.2 Å². The number of aromatic nitrogens is 1. The van der Waals surface area contributed by atoms with Crippen LogP contribution in [0.15, 0.2) is 23.7 Å². The van der Waals surface area contributed by atoms with Crippen LogP contribution in [0.1, 0.15) is 20.8 Å². The second-order valence-electron chi connectivity index (χ2n) is 4.65. The monoisotopic (exact) mass is 291 g/mol. The van der Waals surface area contributed by atoms with Crippen molar-refractivity contribution in [2.75, 3.05) is 18.9 Å². The molecule has 1 aliphatic rings. The van der Waals surface area contributed by atoms with E-state index < -0.39 is 5.82 Å². The van der Waals surface area contributed by atoms with Crippen LogP contribution < -0.4 is 5.32 Å². The van der Waals surface area contributed by atoms with Crippen molar-refractivity contribution >= 4 is 23.1 Å². The van der Waals surface area contributed by atoms with Crippen LogP contribution in [0.3, 0.4) is 0 Å². The summed E-state index contributed by atoms with van der Waals surface area (Å²) >= 11 is 1.72. The zero-order valence-corrected chi connectivity index (χ0v) is 11.8. The van der Waals surface area contributed by atoms with E-state index in [2.05, 4.69) is 10.3 Å². The minimum Gasteiger partial charge on any atom is -0.372 e. The zero-order chi connectivity index (χ0) is 14.1. The molecule has 1 amide bonds. The number of hydrogen-bond donors (Lipinski definition) is 1. The summed E-state index contributed by atoms with van der Waals surface area (Å²) in [7, 11) is 1.67. The van der Waals surface area contributed by atoms with Crippen molar-refractivity contribution < 1.29 is 9.18 Å². The highest BCUT2D eigenvalue weighted by Gasteiger charge is 2.24. The summed E-state index contributed by atoms with van der Waals surface area (Å²) in [5, 5.41) is 4.88. The van der Waals surface area contributed by atoms with Crippen LogP contribution in [-0.4, -0.2) is 29.4 Å². The Balaban J connectivity index is 1.88. The van der Waals surface area contributed by atoms with Gasteiger partial charge in [-0.25, -0.2) is 9.37 Å². The largest absolute Gasteiger partial charge is 0.372 e. The van der Waals surface area contributed by atoms with Gasteiger partial charge in [0.05, 0.1) is 11.8 Å². The molecule has 0 unspecified atom stereocenters. The number of nitrogens with one attached hydrogen (secondary N) is 1. The van der Waals surface area contributed by atoms with Gasteiger partial charge in [0.25, 0.3) is 5.91 Å². The molecule has 2 aromatic rings. The van der Waals surface area contributed by atoms with Crippen molar-refractivity contribution in [2.24, 2.45) is 0 Å². The molecule has 0 bridgehead atoms. The highest BCUT2D eigenvalue weighted by atomic mass is 32.1. The van der Waals surface area contributed by atoms with Gasteiger partial charge in [0.15, 0.2) is 0 Å². The molecule has 0 atom stereocenters. The molecule has 0 spiro atoms. The van der Waals surface area contributed by atoms with Gasteiger partial charge >= 0.3 is 0 Å². The fourth-order valence-corrected chi connectivity index (χ4v) is 3.28. The van der Waals surface area contributed by atoms with Crippen molar-refractivity contribution in [3.8, 4) is 0 Å². The van der Waals surface area contributed by atoms with Crippen LogP contribution in [0, 0.1) is 5.82 Å². The summed E-state index contributed by atoms with van der Waals surface area (Å²) in [6.07, 6.45) is 1.96. The molecular formula is C14H14FN3OS. The van der Waals surface area contributed by atoms with Crippen molar-refractivity contribution in [3.63, 3.8) is 0 Å². The Kier molecular flexibility index (Phi) is 3.40. The molecule has 0 radical (unpaired) electrons. The molecule has 104 valence electrons. The molecule has 2 aromatic heterocycles. The standard InChI is InChI=1S/C14H14FN3OS/c1-16-13-11(6-10(15)7-17-13)14(19)18-4-2-12-9(8-18)3-5-20-12/h3,5-7H,2,4,8H2,1H3,(H,16,17). The Labute approximate surface area is 120 Å². The van der Waals surface area contributed by atoms with E-state index in [1.807, 2.05) is 11.4 Å². The van der Waals surface area contributed by atoms with Gasteiger partial charge in [0, 0.05) is 25.0 Å². The van der Waals surface area contributed by atoms with Gasteiger partial charge in [0.2, 0.25) is 0 Å². The van der Waals surface area contributed by atoms with E-state index in [1.165, 1.54) is 16.5 Å². The highest BCUT2D eigenvalue weighted by Crippen LogP contribution is 2.26. The first-order valence-corrected chi connectivity index (χ1v) is 7.25. The van der Waals surface area contributed by atoms with Crippen LogP contribution in [0.2, 0.25) is 0 Å². The van der Waals surface area contributed by atoms with Gasteiger partial charge in [-0.05, 0) is 29.5 Å². The lowest BCUT2D eigenvalue weighted by Crippen LogP contribution is -2.35. The molecule has 3 heterocycles.